The van der Waals surface area contributed by atoms with Gasteiger partial charge in [-0.3, -0.25) is 0 Å². The van der Waals surface area contributed by atoms with Gasteiger partial charge in [-0.15, -0.1) is 0 Å². The Morgan fingerprint density at radius 3 is 2.68 bits per heavy atom. The van der Waals surface area contributed by atoms with Crippen LogP contribution in [0.4, 0.5) is 0 Å². The van der Waals surface area contributed by atoms with Crippen LogP contribution in [0.1, 0.15) is 36.0 Å². The van der Waals surface area contributed by atoms with Crippen molar-refractivity contribution in [1.29, 1.82) is 0 Å². The summed E-state index contributed by atoms with van der Waals surface area (Å²) in [5.41, 5.74) is 1.14. The summed E-state index contributed by atoms with van der Waals surface area (Å²) in [6.07, 6.45) is 2.68. The third-order valence-corrected chi connectivity index (χ3v) is 2.85. The van der Waals surface area contributed by atoms with Gasteiger partial charge >= 0.3 is 5.97 Å². The number of nitrogens with zero attached hydrogens (tertiary/aromatic N) is 1. The molecule has 100 valence electrons. The molecule has 0 aliphatic heterocycles. The van der Waals surface area contributed by atoms with E-state index in [9.17, 15) is 4.79 Å². The average Bonchev–Trinajstić information content (AvgIpc) is 2.89. The highest BCUT2D eigenvalue weighted by molar-refractivity contribution is 5.88. The molecule has 2 rings (SSSR count). The van der Waals surface area contributed by atoms with Crippen LogP contribution in [0.3, 0.4) is 0 Å². The molecule has 0 aliphatic carbocycles. The molecule has 0 saturated heterocycles. The summed E-state index contributed by atoms with van der Waals surface area (Å²) in [5, 5.41) is 0. The Morgan fingerprint density at radius 2 is 2.05 bits per heavy atom. The summed E-state index contributed by atoms with van der Waals surface area (Å²) in [4.78, 5) is 16.0. The maximum absolute atomic E-state index is 11.7. The van der Waals surface area contributed by atoms with Crippen molar-refractivity contribution in [2.24, 2.45) is 0 Å². The van der Waals surface area contributed by atoms with Crippen LogP contribution < -0.4 is 0 Å². The van der Waals surface area contributed by atoms with E-state index in [1.165, 1.54) is 7.11 Å². The SMILES string of the molecule is CCCCc1oc(-c2ccccc2)nc1C(=O)OC. The summed E-state index contributed by atoms with van der Waals surface area (Å²) < 4.78 is 10.5. The molecular weight excluding hydrogens is 242 g/mol. The molecule has 1 aromatic carbocycles. The second kappa shape index (κ2) is 6.18. The van der Waals surface area contributed by atoms with E-state index in [1.54, 1.807) is 0 Å². The van der Waals surface area contributed by atoms with Crippen molar-refractivity contribution in [2.45, 2.75) is 26.2 Å². The van der Waals surface area contributed by atoms with Crippen LogP contribution in [0.15, 0.2) is 34.7 Å². The van der Waals surface area contributed by atoms with Crippen molar-refractivity contribution in [3.05, 3.63) is 41.8 Å². The van der Waals surface area contributed by atoms with Gasteiger partial charge in [0.1, 0.15) is 5.76 Å². The highest BCUT2D eigenvalue weighted by atomic mass is 16.5. The minimum Gasteiger partial charge on any atom is -0.464 e. The van der Waals surface area contributed by atoms with E-state index >= 15 is 0 Å². The predicted molar refractivity (Wildman–Crippen MR) is 71.9 cm³/mol. The average molecular weight is 259 g/mol. The Hall–Kier alpha value is -2.10. The number of aromatic nitrogens is 1. The van der Waals surface area contributed by atoms with Crippen LogP contribution in [0.25, 0.3) is 11.5 Å². The van der Waals surface area contributed by atoms with Crippen LogP contribution in [0.5, 0.6) is 0 Å². The Labute approximate surface area is 112 Å². The van der Waals surface area contributed by atoms with Crippen LogP contribution in [0.2, 0.25) is 0 Å². The van der Waals surface area contributed by atoms with E-state index in [0.717, 1.165) is 18.4 Å². The topological polar surface area (TPSA) is 52.3 Å². The quantitative estimate of drug-likeness (QED) is 0.771. The molecule has 0 N–H and O–H groups in total. The van der Waals surface area contributed by atoms with Crippen LogP contribution >= 0.6 is 0 Å². The van der Waals surface area contributed by atoms with Gasteiger partial charge in [-0.05, 0) is 18.6 Å². The fraction of sp³-hybridized carbons (Fsp3) is 0.333. The second-order valence-corrected chi connectivity index (χ2v) is 4.25. The number of carbonyl (C=O) groups is 1. The zero-order valence-corrected chi connectivity index (χ0v) is 11.2. The smallest absolute Gasteiger partial charge is 0.360 e. The lowest BCUT2D eigenvalue weighted by Gasteiger charge is -1.97. The molecule has 0 fully saturated rings. The van der Waals surface area contributed by atoms with Gasteiger partial charge in [-0.1, -0.05) is 31.5 Å². The third-order valence-electron chi connectivity index (χ3n) is 2.85. The number of methoxy groups -OCH3 is 1. The number of rotatable bonds is 5. The van der Waals surface area contributed by atoms with E-state index in [-0.39, 0.29) is 5.69 Å². The second-order valence-electron chi connectivity index (χ2n) is 4.25. The first-order chi connectivity index (χ1) is 9.26. The normalized spacial score (nSPS) is 10.4. The molecule has 2 aromatic rings. The lowest BCUT2D eigenvalue weighted by Crippen LogP contribution is -2.05. The first-order valence-corrected chi connectivity index (χ1v) is 6.39. The number of aryl methyl sites for hydroxylation is 1. The number of esters is 1. The van der Waals surface area contributed by atoms with Gasteiger partial charge in [0.2, 0.25) is 5.89 Å². The first-order valence-electron chi connectivity index (χ1n) is 6.39. The van der Waals surface area contributed by atoms with Gasteiger partial charge in [0.05, 0.1) is 7.11 Å². The Kier molecular flexibility index (Phi) is 4.34. The number of benzene rings is 1. The largest absolute Gasteiger partial charge is 0.464 e. The van der Waals surface area contributed by atoms with Crippen molar-refractivity contribution in [3.8, 4) is 11.5 Å². The van der Waals surface area contributed by atoms with Crippen molar-refractivity contribution >= 4 is 5.97 Å². The van der Waals surface area contributed by atoms with Crippen molar-refractivity contribution in [2.75, 3.05) is 7.11 Å². The summed E-state index contributed by atoms with van der Waals surface area (Å²) in [5.74, 6) is 0.622. The molecule has 0 atom stereocenters. The summed E-state index contributed by atoms with van der Waals surface area (Å²) >= 11 is 0. The van der Waals surface area contributed by atoms with E-state index in [2.05, 4.69) is 11.9 Å². The number of hydrogen-bond acceptors (Lipinski definition) is 4. The maximum atomic E-state index is 11.7. The Morgan fingerprint density at radius 1 is 1.32 bits per heavy atom. The number of oxazole rings is 1. The van der Waals surface area contributed by atoms with Crippen molar-refractivity contribution in [1.82, 2.24) is 4.98 Å². The fourth-order valence-corrected chi connectivity index (χ4v) is 1.82. The van der Waals surface area contributed by atoms with Crippen LogP contribution in [0, 0.1) is 0 Å². The molecule has 0 saturated carbocycles. The minimum atomic E-state index is -0.447. The molecule has 0 bridgehead atoms. The lowest BCUT2D eigenvalue weighted by atomic mass is 10.2. The number of carbonyl (C=O) groups excluding carboxylic acids is 1. The van der Waals surface area contributed by atoms with Crippen LogP contribution in [-0.4, -0.2) is 18.1 Å². The van der Waals surface area contributed by atoms with E-state index in [4.69, 9.17) is 9.15 Å². The zero-order chi connectivity index (χ0) is 13.7. The molecule has 0 aliphatic rings. The lowest BCUT2D eigenvalue weighted by molar-refractivity contribution is 0.0592. The van der Waals surface area contributed by atoms with Crippen LogP contribution in [-0.2, 0) is 11.2 Å². The van der Waals surface area contributed by atoms with Crippen molar-refractivity contribution < 1.29 is 13.9 Å². The Balaban J connectivity index is 2.36. The third kappa shape index (κ3) is 3.02. The molecule has 4 heteroatoms. The molecule has 4 nitrogen and oxygen atoms in total. The highest BCUT2D eigenvalue weighted by Gasteiger charge is 2.20. The molecule has 0 amide bonds. The first kappa shape index (κ1) is 13.3. The van der Waals surface area contributed by atoms with Gasteiger partial charge in [-0.25, -0.2) is 9.78 Å². The monoisotopic (exact) mass is 259 g/mol. The van der Waals surface area contributed by atoms with Gasteiger partial charge in [0.25, 0.3) is 0 Å². The maximum Gasteiger partial charge on any atom is 0.360 e. The van der Waals surface area contributed by atoms with Gasteiger partial charge in [0.15, 0.2) is 5.69 Å². The number of ether oxygens (including phenoxy) is 1. The molecule has 1 heterocycles. The molecule has 0 spiro atoms. The van der Waals surface area contributed by atoms with Gasteiger partial charge in [-0.2, -0.15) is 0 Å². The van der Waals surface area contributed by atoms with E-state index < -0.39 is 5.97 Å². The van der Waals surface area contributed by atoms with E-state index in [1.807, 2.05) is 30.3 Å². The molecule has 1 aromatic heterocycles. The van der Waals surface area contributed by atoms with Gasteiger partial charge < -0.3 is 9.15 Å². The molecule has 19 heavy (non-hydrogen) atoms. The van der Waals surface area contributed by atoms with Crippen molar-refractivity contribution in [3.63, 3.8) is 0 Å². The number of hydrogen-bond donors (Lipinski definition) is 0. The summed E-state index contributed by atoms with van der Waals surface area (Å²) in [7, 11) is 1.35. The zero-order valence-electron chi connectivity index (χ0n) is 11.2. The standard InChI is InChI=1S/C15H17NO3/c1-3-4-10-12-13(15(17)18-2)16-14(19-12)11-8-6-5-7-9-11/h5-9H,3-4,10H2,1-2H3. The minimum absolute atomic E-state index is 0.287. The summed E-state index contributed by atoms with van der Waals surface area (Å²) in [6, 6.07) is 9.53. The predicted octanol–water partition coefficient (Wildman–Crippen LogP) is 3.47. The molecular formula is C15H17NO3. The summed E-state index contributed by atoms with van der Waals surface area (Å²) in [6.45, 7) is 2.09. The van der Waals surface area contributed by atoms with Gasteiger partial charge in [0, 0.05) is 12.0 Å². The fourth-order valence-electron chi connectivity index (χ4n) is 1.82. The Bertz CT molecular complexity index is 546. The highest BCUT2D eigenvalue weighted by Crippen LogP contribution is 2.23. The molecule has 0 radical (unpaired) electrons. The number of unbranched alkanes of at least 4 members (excludes halogenated alkanes) is 1. The molecule has 0 unspecified atom stereocenters. The van der Waals surface area contributed by atoms with E-state index in [0.29, 0.717) is 18.1 Å².